The Morgan fingerprint density at radius 1 is 1.17 bits per heavy atom. The molecule has 0 saturated heterocycles. The maximum absolute atomic E-state index is 11.9. The van der Waals surface area contributed by atoms with E-state index in [9.17, 15) is 14.7 Å². The van der Waals surface area contributed by atoms with E-state index >= 15 is 0 Å². The minimum absolute atomic E-state index is 0.228. The molecule has 0 spiro atoms. The van der Waals surface area contributed by atoms with Crippen LogP contribution in [0, 0.1) is 0 Å². The van der Waals surface area contributed by atoms with Crippen LogP contribution in [0.1, 0.15) is 35.5 Å². The Kier molecular flexibility index (Phi) is 9.18. The number of hydrogen-bond donors (Lipinski definition) is 2. The molecule has 3 aromatic rings. The van der Waals surface area contributed by atoms with Crippen molar-refractivity contribution in [1.29, 1.82) is 0 Å². The molecule has 0 fully saturated rings. The van der Waals surface area contributed by atoms with E-state index in [0.29, 0.717) is 28.5 Å². The van der Waals surface area contributed by atoms with E-state index in [-0.39, 0.29) is 23.8 Å². The lowest BCUT2D eigenvalue weighted by atomic mass is 9.99. The van der Waals surface area contributed by atoms with Crippen LogP contribution in [-0.4, -0.2) is 51.0 Å². The summed E-state index contributed by atoms with van der Waals surface area (Å²) in [4.78, 5) is 23.6. The number of aliphatic carboxylic acids is 1. The average Bonchev–Trinajstić information content (AvgIpc) is 3.29. The number of halogens is 2. The largest absolute Gasteiger partial charge is 0.490 e. The van der Waals surface area contributed by atoms with Crippen molar-refractivity contribution in [2.45, 2.75) is 25.0 Å². The molecule has 12 heteroatoms. The molecule has 0 aliphatic rings. The van der Waals surface area contributed by atoms with Gasteiger partial charge in [-0.25, -0.2) is 4.68 Å². The smallest absolute Gasteiger partial charge is 0.327 e. The SMILES string of the molecule is C=CCOc1ccc(C(NC(CC(=O)O)c2ccc(Cl)c(Cl)c2)c2nnnn2CC(=O)OC)cc1. The summed E-state index contributed by atoms with van der Waals surface area (Å²) >= 11 is 12.2. The second kappa shape index (κ2) is 12.3. The van der Waals surface area contributed by atoms with E-state index in [1.165, 1.54) is 11.8 Å². The first-order valence-electron chi connectivity index (χ1n) is 10.4. The van der Waals surface area contributed by atoms with Crippen molar-refractivity contribution in [2.24, 2.45) is 0 Å². The summed E-state index contributed by atoms with van der Waals surface area (Å²) in [7, 11) is 1.26. The Morgan fingerprint density at radius 3 is 2.51 bits per heavy atom. The number of rotatable bonds is 12. The molecule has 184 valence electrons. The topological polar surface area (TPSA) is 128 Å². The van der Waals surface area contributed by atoms with Crippen LogP contribution in [0.2, 0.25) is 10.0 Å². The fourth-order valence-corrected chi connectivity index (χ4v) is 3.63. The third kappa shape index (κ3) is 7.01. The number of methoxy groups -OCH3 is 1. The van der Waals surface area contributed by atoms with Gasteiger partial charge in [-0.3, -0.25) is 14.9 Å². The van der Waals surface area contributed by atoms with Crippen LogP contribution in [0.5, 0.6) is 5.75 Å². The van der Waals surface area contributed by atoms with E-state index in [2.05, 4.69) is 27.4 Å². The number of carboxylic acid groups (broad SMARTS) is 1. The summed E-state index contributed by atoms with van der Waals surface area (Å²) in [6, 6.07) is 10.6. The molecule has 35 heavy (non-hydrogen) atoms. The molecule has 0 aliphatic heterocycles. The van der Waals surface area contributed by atoms with Gasteiger partial charge in [0.1, 0.15) is 18.9 Å². The molecule has 1 heterocycles. The van der Waals surface area contributed by atoms with E-state index in [0.717, 1.165) is 0 Å². The molecule has 3 rings (SSSR count). The second-order valence-corrected chi connectivity index (χ2v) is 8.18. The van der Waals surface area contributed by atoms with Crippen molar-refractivity contribution in [3.05, 3.63) is 82.1 Å². The monoisotopic (exact) mass is 519 g/mol. The second-order valence-electron chi connectivity index (χ2n) is 7.36. The van der Waals surface area contributed by atoms with Crippen molar-refractivity contribution < 1.29 is 24.2 Å². The third-order valence-electron chi connectivity index (χ3n) is 5.00. The van der Waals surface area contributed by atoms with E-state index in [1.54, 1.807) is 48.5 Å². The first kappa shape index (κ1) is 26.1. The Hall–Kier alpha value is -3.47. The van der Waals surface area contributed by atoms with Crippen molar-refractivity contribution >= 4 is 35.1 Å². The highest BCUT2D eigenvalue weighted by atomic mass is 35.5. The summed E-state index contributed by atoms with van der Waals surface area (Å²) in [5.74, 6) is -0.676. The molecule has 0 radical (unpaired) electrons. The Balaban J connectivity index is 2.03. The molecule has 1 aromatic heterocycles. The van der Waals surface area contributed by atoms with Crippen LogP contribution in [-0.2, 0) is 20.9 Å². The molecule has 2 atom stereocenters. The van der Waals surface area contributed by atoms with Crippen LogP contribution < -0.4 is 10.1 Å². The molecule has 0 aliphatic carbocycles. The lowest BCUT2D eigenvalue weighted by Crippen LogP contribution is -2.32. The van der Waals surface area contributed by atoms with Gasteiger partial charge in [0, 0.05) is 6.04 Å². The predicted octanol–water partition coefficient (Wildman–Crippen LogP) is 3.61. The molecular formula is C23H23Cl2N5O5. The number of esters is 1. The molecule has 10 nitrogen and oxygen atoms in total. The number of benzene rings is 2. The fourth-order valence-electron chi connectivity index (χ4n) is 3.33. The number of aromatic nitrogens is 4. The van der Waals surface area contributed by atoms with Crippen molar-refractivity contribution in [3.63, 3.8) is 0 Å². The molecule has 2 N–H and O–H groups in total. The van der Waals surface area contributed by atoms with Gasteiger partial charge < -0.3 is 14.6 Å². The zero-order valence-corrected chi connectivity index (χ0v) is 20.2. The predicted molar refractivity (Wildman–Crippen MR) is 128 cm³/mol. The number of ether oxygens (including phenoxy) is 2. The summed E-state index contributed by atoms with van der Waals surface area (Å²) in [5.41, 5.74) is 1.30. The highest BCUT2D eigenvalue weighted by Crippen LogP contribution is 2.31. The molecule has 2 unspecified atom stereocenters. The Bertz CT molecular complexity index is 1190. The maximum Gasteiger partial charge on any atom is 0.327 e. The maximum atomic E-state index is 11.9. The highest BCUT2D eigenvalue weighted by molar-refractivity contribution is 6.42. The van der Waals surface area contributed by atoms with Gasteiger partial charge in [0.25, 0.3) is 0 Å². The summed E-state index contributed by atoms with van der Waals surface area (Å²) in [6.45, 7) is 3.74. The van der Waals surface area contributed by atoms with Gasteiger partial charge in [0.05, 0.1) is 29.6 Å². The van der Waals surface area contributed by atoms with Gasteiger partial charge in [-0.2, -0.15) is 0 Å². The number of hydrogen-bond acceptors (Lipinski definition) is 8. The Morgan fingerprint density at radius 2 is 1.89 bits per heavy atom. The molecule has 0 saturated carbocycles. The number of nitrogens with zero attached hydrogens (tertiary/aromatic N) is 4. The van der Waals surface area contributed by atoms with Gasteiger partial charge in [0.2, 0.25) is 0 Å². The van der Waals surface area contributed by atoms with E-state index in [4.69, 9.17) is 32.7 Å². The average molecular weight is 520 g/mol. The van der Waals surface area contributed by atoms with Crippen LogP contribution in [0.25, 0.3) is 0 Å². The number of tetrazole rings is 1. The zero-order valence-electron chi connectivity index (χ0n) is 18.7. The lowest BCUT2D eigenvalue weighted by molar-refractivity contribution is -0.141. The zero-order chi connectivity index (χ0) is 25.4. The fraction of sp³-hybridized carbons (Fsp3) is 0.261. The van der Waals surface area contributed by atoms with Crippen LogP contribution in [0.15, 0.2) is 55.1 Å². The van der Waals surface area contributed by atoms with E-state index in [1.807, 2.05) is 0 Å². The van der Waals surface area contributed by atoms with Gasteiger partial charge >= 0.3 is 11.9 Å². The summed E-state index contributed by atoms with van der Waals surface area (Å²) in [5, 5.41) is 25.2. The molecule has 0 amide bonds. The third-order valence-corrected chi connectivity index (χ3v) is 5.74. The molecule has 2 aromatic carbocycles. The first-order valence-corrected chi connectivity index (χ1v) is 11.2. The number of carboxylic acids is 1. The van der Waals surface area contributed by atoms with Gasteiger partial charge in [-0.15, -0.1) is 5.10 Å². The summed E-state index contributed by atoms with van der Waals surface area (Å²) < 4.78 is 11.6. The van der Waals surface area contributed by atoms with Crippen LogP contribution in [0.4, 0.5) is 0 Å². The molecule has 0 bridgehead atoms. The highest BCUT2D eigenvalue weighted by Gasteiger charge is 2.28. The minimum Gasteiger partial charge on any atom is -0.490 e. The minimum atomic E-state index is -1.03. The number of carbonyl (C=O) groups is 2. The van der Waals surface area contributed by atoms with Crippen LogP contribution >= 0.6 is 23.2 Å². The lowest BCUT2D eigenvalue weighted by Gasteiger charge is -2.25. The number of carbonyl (C=O) groups excluding carboxylic acids is 1. The van der Waals surface area contributed by atoms with Gasteiger partial charge in [-0.05, 0) is 45.8 Å². The summed E-state index contributed by atoms with van der Waals surface area (Å²) in [6.07, 6.45) is 1.36. The van der Waals surface area contributed by atoms with E-state index < -0.39 is 24.0 Å². The normalized spacial score (nSPS) is 12.5. The van der Waals surface area contributed by atoms with Crippen molar-refractivity contribution in [1.82, 2.24) is 25.5 Å². The molecular weight excluding hydrogens is 497 g/mol. The number of nitrogens with one attached hydrogen (secondary N) is 1. The quantitative estimate of drug-likeness (QED) is 0.272. The van der Waals surface area contributed by atoms with Crippen molar-refractivity contribution in [3.8, 4) is 5.75 Å². The van der Waals surface area contributed by atoms with Crippen molar-refractivity contribution in [2.75, 3.05) is 13.7 Å². The first-order chi connectivity index (χ1) is 16.8. The van der Waals surface area contributed by atoms with Gasteiger partial charge in [0.15, 0.2) is 5.82 Å². The van der Waals surface area contributed by atoms with Crippen LogP contribution in [0.3, 0.4) is 0 Å². The van der Waals surface area contributed by atoms with Gasteiger partial charge in [-0.1, -0.05) is 54.1 Å². The standard InChI is InChI=1S/C23H23Cl2N5O5/c1-3-10-35-16-7-4-14(5-8-16)22(23-27-28-29-30(23)13-21(33)34-2)26-19(12-20(31)32)15-6-9-17(24)18(25)11-15/h3-9,11,19,22,26H,1,10,12-13H2,2H3,(H,31,32). The Labute approximate surface area is 211 Å².